The molecule has 1 N–H and O–H groups in total. The lowest BCUT2D eigenvalue weighted by molar-refractivity contribution is -0.135. The number of likely N-dealkylation sites (tertiary alicyclic amines) is 1. The fourth-order valence-electron chi connectivity index (χ4n) is 3.30. The Morgan fingerprint density at radius 2 is 1.70 bits per heavy atom. The summed E-state index contributed by atoms with van der Waals surface area (Å²) < 4.78 is 17.5. The smallest absolute Gasteiger partial charge is 0.407 e. The third-order valence-electron chi connectivity index (χ3n) is 4.82. The van der Waals surface area contributed by atoms with E-state index >= 15 is 0 Å². The minimum atomic E-state index is -1.45. The van der Waals surface area contributed by atoms with Crippen LogP contribution in [0.2, 0.25) is 0 Å². The first-order valence-corrected chi connectivity index (χ1v) is 11.1. The second-order valence-corrected chi connectivity index (χ2v) is 8.38. The minimum Gasteiger partial charge on any atom is -0.445 e. The molecule has 2 aromatic rings. The molecule has 1 aliphatic rings. The van der Waals surface area contributed by atoms with Gasteiger partial charge in [0.05, 0.1) is 22.6 Å². The second kappa shape index (κ2) is 10.7. The molecule has 7 nitrogen and oxygen atoms in total. The number of ketones is 1. The third-order valence-corrected chi connectivity index (χ3v) is 6.17. The Bertz CT molecular complexity index is 904. The van der Waals surface area contributed by atoms with Gasteiger partial charge in [0.2, 0.25) is 5.91 Å². The normalized spacial score (nSPS) is 16.7. The molecule has 0 aromatic heterocycles. The fraction of sp³-hybridized carbons (Fsp3) is 0.318. The highest BCUT2D eigenvalue weighted by Crippen LogP contribution is 2.19. The summed E-state index contributed by atoms with van der Waals surface area (Å²) >= 11 is 0. The first-order valence-electron chi connectivity index (χ1n) is 9.75. The number of hydrogen-bond donors (Lipinski definition) is 1. The first kappa shape index (κ1) is 21.7. The number of alkyl carbamates (subject to hydrolysis) is 1. The fourth-order valence-corrected chi connectivity index (χ4v) is 4.38. The van der Waals surface area contributed by atoms with E-state index in [0.717, 1.165) is 5.56 Å². The van der Waals surface area contributed by atoms with E-state index in [1.807, 2.05) is 36.4 Å². The van der Waals surface area contributed by atoms with Crippen molar-refractivity contribution in [2.45, 2.75) is 30.4 Å². The van der Waals surface area contributed by atoms with Crippen molar-refractivity contribution in [3.8, 4) is 0 Å². The van der Waals surface area contributed by atoms with E-state index in [-0.39, 0.29) is 30.6 Å². The van der Waals surface area contributed by atoms with Gasteiger partial charge in [0.15, 0.2) is 5.78 Å². The van der Waals surface area contributed by atoms with E-state index in [4.69, 9.17) is 4.74 Å². The lowest BCUT2D eigenvalue weighted by atomic mass is 10.1. The number of hydrogen-bond acceptors (Lipinski definition) is 5. The molecule has 2 atom stereocenters. The minimum absolute atomic E-state index is 0.108. The summed E-state index contributed by atoms with van der Waals surface area (Å²) in [6, 6.07) is 17.4. The number of nitrogens with one attached hydrogen (secondary N) is 1. The van der Waals surface area contributed by atoms with Gasteiger partial charge in [-0.3, -0.25) is 13.8 Å². The number of ether oxygens (including phenoxy) is 1. The molecular weight excluding hydrogens is 404 g/mol. The van der Waals surface area contributed by atoms with E-state index < -0.39 is 22.9 Å². The van der Waals surface area contributed by atoms with Gasteiger partial charge >= 0.3 is 6.09 Å². The summed E-state index contributed by atoms with van der Waals surface area (Å²) in [5, 5.41) is 2.43. The molecular formula is C22H24N2O5S. The van der Waals surface area contributed by atoms with Gasteiger partial charge in [0.25, 0.3) is 0 Å². The van der Waals surface area contributed by atoms with Crippen LogP contribution in [0.4, 0.5) is 4.79 Å². The predicted molar refractivity (Wildman–Crippen MR) is 112 cm³/mol. The Kier molecular flexibility index (Phi) is 7.73. The topological polar surface area (TPSA) is 92.8 Å². The molecule has 0 radical (unpaired) electrons. The predicted octanol–water partition coefficient (Wildman–Crippen LogP) is 2.28. The highest BCUT2D eigenvalue weighted by Gasteiger charge is 2.34. The van der Waals surface area contributed by atoms with Gasteiger partial charge in [0, 0.05) is 11.4 Å². The molecule has 1 aliphatic heterocycles. The van der Waals surface area contributed by atoms with Crippen molar-refractivity contribution in [3.63, 3.8) is 0 Å². The van der Waals surface area contributed by atoms with Gasteiger partial charge in [-0.15, -0.1) is 0 Å². The van der Waals surface area contributed by atoms with Crippen LogP contribution in [0.3, 0.4) is 0 Å². The molecule has 3 rings (SSSR count). The van der Waals surface area contributed by atoms with Gasteiger partial charge in [0.1, 0.15) is 13.2 Å². The number of amides is 2. The molecule has 1 heterocycles. The Balaban J connectivity index is 1.47. The number of rotatable bonds is 8. The van der Waals surface area contributed by atoms with E-state index in [9.17, 15) is 18.6 Å². The van der Waals surface area contributed by atoms with Crippen LogP contribution in [0.1, 0.15) is 18.4 Å². The second-order valence-electron chi connectivity index (χ2n) is 6.93. The maximum atomic E-state index is 12.6. The van der Waals surface area contributed by atoms with Crippen LogP contribution in [0.25, 0.3) is 0 Å². The summed E-state index contributed by atoms with van der Waals surface area (Å²) in [4.78, 5) is 39.1. The first-order chi connectivity index (χ1) is 14.5. The zero-order chi connectivity index (χ0) is 21.3. The van der Waals surface area contributed by atoms with Crippen molar-refractivity contribution in [2.75, 3.05) is 18.8 Å². The standard InChI is InChI=1S/C22H24N2O5S/c25-20(16-30(28)18-10-5-2-6-11-18)19-12-7-13-24(19)21(26)14-23-22(27)29-15-17-8-3-1-4-9-17/h1-6,8-11,19H,7,12-16H2,(H,23,27). The maximum Gasteiger partial charge on any atom is 0.407 e. The van der Waals surface area contributed by atoms with Gasteiger partial charge in [-0.05, 0) is 30.5 Å². The largest absolute Gasteiger partial charge is 0.445 e. The Labute approximate surface area is 177 Å². The lowest BCUT2D eigenvalue weighted by Crippen LogP contribution is -2.46. The molecule has 0 bridgehead atoms. The van der Waals surface area contributed by atoms with Crippen molar-refractivity contribution in [1.29, 1.82) is 0 Å². The highest BCUT2D eigenvalue weighted by molar-refractivity contribution is 7.85. The molecule has 2 aromatic carbocycles. The quantitative estimate of drug-likeness (QED) is 0.696. The van der Waals surface area contributed by atoms with Crippen LogP contribution in [0, 0.1) is 0 Å². The number of benzene rings is 2. The summed E-state index contributed by atoms with van der Waals surface area (Å²) in [6.07, 6.45) is 0.535. The van der Waals surface area contributed by atoms with Crippen LogP contribution >= 0.6 is 0 Å². The molecule has 158 valence electrons. The summed E-state index contributed by atoms with van der Waals surface area (Å²) in [7, 11) is -1.45. The molecule has 1 saturated heterocycles. The zero-order valence-electron chi connectivity index (χ0n) is 16.5. The molecule has 0 aliphatic carbocycles. The van der Waals surface area contributed by atoms with E-state index in [1.165, 1.54) is 4.90 Å². The summed E-state index contributed by atoms with van der Waals surface area (Å²) in [6.45, 7) is 0.296. The van der Waals surface area contributed by atoms with Crippen LogP contribution in [-0.4, -0.2) is 51.8 Å². The average Bonchev–Trinajstić information content (AvgIpc) is 3.27. The van der Waals surface area contributed by atoms with Crippen molar-refractivity contribution in [2.24, 2.45) is 0 Å². The van der Waals surface area contributed by atoms with Crippen molar-refractivity contribution >= 4 is 28.6 Å². The maximum absolute atomic E-state index is 12.6. The van der Waals surface area contributed by atoms with Gasteiger partial charge < -0.3 is 15.0 Å². The van der Waals surface area contributed by atoms with Crippen molar-refractivity contribution in [1.82, 2.24) is 10.2 Å². The Hall–Kier alpha value is -3.00. The van der Waals surface area contributed by atoms with E-state index in [0.29, 0.717) is 24.3 Å². The molecule has 30 heavy (non-hydrogen) atoms. The van der Waals surface area contributed by atoms with E-state index in [1.54, 1.807) is 24.3 Å². The third kappa shape index (κ3) is 6.00. The number of nitrogens with zero attached hydrogens (tertiary/aromatic N) is 1. The Morgan fingerprint density at radius 3 is 2.40 bits per heavy atom. The summed E-state index contributed by atoms with van der Waals surface area (Å²) in [5.74, 6) is -0.715. The van der Waals surface area contributed by atoms with Crippen LogP contribution in [0.15, 0.2) is 65.6 Å². The van der Waals surface area contributed by atoms with Crippen LogP contribution < -0.4 is 5.32 Å². The molecule has 2 amide bonds. The number of Topliss-reactive ketones (excluding diaryl/α,β-unsaturated/α-hetero) is 1. The van der Waals surface area contributed by atoms with Crippen molar-refractivity contribution in [3.05, 3.63) is 66.2 Å². The van der Waals surface area contributed by atoms with Gasteiger partial charge in [-0.1, -0.05) is 48.5 Å². The highest BCUT2D eigenvalue weighted by atomic mass is 32.2. The lowest BCUT2D eigenvalue weighted by Gasteiger charge is -2.23. The molecule has 0 saturated carbocycles. The van der Waals surface area contributed by atoms with Crippen molar-refractivity contribution < 1.29 is 23.3 Å². The molecule has 8 heteroatoms. The SMILES string of the molecule is O=C(NCC(=O)N1CCCC1C(=O)CS(=O)c1ccccc1)OCc1ccccc1. The van der Waals surface area contributed by atoms with E-state index in [2.05, 4.69) is 5.32 Å². The van der Waals surface area contributed by atoms with Gasteiger partial charge in [-0.25, -0.2) is 4.79 Å². The Morgan fingerprint density at radius 1 is 1.03 bits per heavy atom. The van der Waals surface area contributed by atoms with Crippen LogP contribution in [-0.2, 0) is 31.7 Å². The zero-order valence-corrected chi connectivity index (χ0v) is 17.3. The average molecular weight is 429 g/mol. The summed E-state index contributed by atoms with van der Waals surface area (Å²) in [5.41, 5.74) is 0.843. The molecule has 2 unspecified atom stereocenters. The monoisotopic (exact) mass is 428 g/mol. The number of carbonyl (C=O) groups excluding carboxylic acids is 3. The number of carbonyl (C=O) groups is 3. The molecule has 1 fully saturated rings. The van der Waals surface area contributed by atoms with Gasteiger partial charge in [-0.2, -0.15) is 0 Å². The molecule has 0 spiro atoms. The van der Waals surface area contributed by atoms with Crippen LogP contribution in [0.5, 0.6) is 0 Å².